The zero-order chi connectivity index (χ0) is 26.1. The number of rotatable bonds is 14. The van der Waals surface area contributed by atoms with Gasteiger partial charge in [-0.15, -0.1) is 0 Å². The summed E-state index contributed by atoms with van der Waals surface area (Å²) in [5.74, 6) is -1.30. The smallest absolute Gasteiger partial charge is 0.360 e. The van der Waals surface area contributed by atoms with Crippen LogP contribution in [0.4, 0.5) is 0 Å². The first-order valence-electron chi connectivity index (χ1n) is 10.8. The third kappa shape index (κ3) is 8.01. The summed E-state index contributed by atoms with van der Waals surface area (Å²) in [6.45, 7) is 3.14. The van der Waals surface area contributed by atoms with Crippen molar-refractivity contribution in [3.8, 4) is 0 Å². The van der Waals surface area contributed by atoms with Crippen molar-refractivity contribution in [1.29, 1.82) is 0 Å². The van der Waals surface area contributed by atoms with E-state index in [1.165, 1.54) is 48.5 Å². The van der Waals surface area contributed by atoms with E-state index in [-0.39, 0.29) is 48.7 Å². The molecule has 0 atom stereocenters. The van der Waals surface area contributed by atoms with Crippen LogP contribution in [0.2, 0.25) is 0 Å². The predicted molar refractivity (Wildman–Crippen MR) is 126 cm³/mol. The molecule has 2 aromatic rings. The summed E-state index contributed by atoms with van der Waals surface area (Å²) in [6, 6.07) is 11.6. The number of hydrogen-bond donors (Lipinski definition) is 0. The number of carbonyl (C=O) groups excluding carboxylic acids is 2. The molecule has 0 aromatic heterocycles. The van der Waals surface area contributed by atoms with Crippen LogP contribution >= 0.6 is 0 Å². The Balaban J connectivity index is 1.93. The largest absolute Gasteiger partial charge is 0.400 e. The van der Waals surface area contributed by atoms with Gasteiger partial charge in [-0.2, -0.15) is 21.6 Å². The maximum atomic E-state index is 12.4. The highest BCUT2D eigenvalue weighted by Gasteiger charge is 2.28. The summed E-state index contributed by atoms with van der Waals surface area (Å²) in [5, 5.41) is 0. The van der Waals surface area contributed by atoms with Crippen molar-refractivity contribution >= 4 is 37.5 Å². The first-order chi connectivity index (χ1) is 16.5. The number of nitrogens with zero attached hydrogens (tertiary/aromatic N) is 2. The summed E-state index contributed by atoms with van der Waals surface area (Å²) in [5.41, 5.74) is 9.93. The van der Waals surface area contributed by atoms with E-state index < -0.39 is 37.5 Å². The van der Waals surface area contributed by atoms with Crippen molar-refractivity contribution < 1.29 is 39.6 Å². The van der Waals surface area contributed by atoms with Crippen LogP contribution in [-0.4, -0.2) is 52.1 Å². The summed E-state index contributed by atoms with van der Waals surface area (Å²) in [7, 11) is -7.66. The number of benzene rings is 2. The van der Waals surface area contributed by atoms with Gasteiger partial charge in [0, 0.05) is 12.8 Å². The highest BCUT2D eigenvalue weighted by atomic mass is 32.2. The van der Waals surface area contributed by atoms with E-state index in [0.717, 1.165) is 0 Å². The van der Waals surface area contributed by atoms with Crippen molar-refractivity contribution in [2.45, 2.75) is 49.3 Å². The van der Waals surface area contributed by atoms with Crippen LogP contribution in [0, 0.1) is 0 Å². The minimum Gasteiger partial charge on any atom is -0.360 e. The normalized spacial score (nSPS) is 11.6. The molecule has 10 nitrogen and oxygen atoms in total. The average Bonchev–Trinajstić information content (AvgIpc) is 2.82. The zero-order valence-corrected chi connectivity index (χ0v) is 21.0. The van der Waals surface area contributed by atoms with Crippen LogP contribution in [-0.2, 0) is 51.0 Å². The lowest BCUT2D eigenvalue weighted by Crippen LogP contribution is -2.26. The van der Waals surface area contributed by atoms with E-state index in [0.29, 0.717) is 11.1 Å². The predicted octanol–water partition coefficient (Wildman–Crippen LogP) is 2.51. The maximum absolute atomic E-state index is 12.4. The highest BCUT2D eigenvalue weighted by Crippen LogP contribution is 2.16. The van der Waals surface area contributed by atoms with Gasteiger partial charge in [0.25, 0.3) is 20.2 Å². The third-order valence-electron chi connectivity index (χ3n) is 4.88. The number of ketones is 2. The lowest BCUT2D eigenvalue weighted by Gasteiger charge is -2.05. The first-order valence-corrected chi connectivity index (χ1v) is 13.6. The molecule has 0 heterocycles. The Morgan fingerprint density at radius 3 is 1.34 bits per heavy atom. The van der Waals surface area contributed by atoms with Crippen LogP contribution in [0.3, 0.4) is 0 Å². The van der Waals surface area contributed by atoms with Crippen LogP contribution in [0.25, 0.3) is 5.53 Å². The first kappa shape index (κ1) is 28.2. The molecule has 2 rings (SSSR count). The van der Waals surface area contributed by atoms with E-state index >= 15 is 0 Å². The number of aryl methyl sites for hydroxylation is 2. The van der Waals surface area contributed by atoms with Crippen LogP contribution in [0.1, 0.15) is 37.8 Å². The molecule has 0 aliphatic rings. The van der Waals surface area contributed by atoms with Crippen molar-refractivity contribution in [1.82, 2.24) is 0 Å². The Morgan fingerprint density at radius 1 is 0.714 bits per heavy atom. The zero-order valence-electron chi connectivity index (χ0n) is 19.3. The Morgan fingerprint density at radius 2 is 1.06 bits per heavy atom. The van der Waals surface area contributed by atoms with E-state index in [4.69, 9.17) is 8.37 Å². The Bertz CT molecular complexity index is 1210. The highest BCUT2D eigenvalue weighted by molar-refractivity contribution is 7.87. The Kier molecular flexibility index (Phi) is 10.2. The van der Waals surface area contributed by atoms with Gasteiger partial charge in [0.1, 0.15) is 0 Å². The SMILES string of the molecule is CCOS(=O)(=O)c1ccc(CCC(=O)C(=[N+]=[N-])C(=O)CCc2ccc(S(=O)(=O)OCC)cc2)cc1. The summed E-state index contributed by atoms with van der Waals surface area (Å²) < 4.78 is 56.9. The summed E-state index contributed by atoms with van der Waals surface area (Å²) in [4.78, 5) is 27.7. The van der Waals surface area contributed by atoms with Crippen molar-refractivity contribution in [3.63, 3.8) is 0 Å². The molecular formula is C23H26N2O8S2. The number of Topliss-reactive ketones (excluding diaryl/α,β-unsaturated/α-hetero) is 2. The summed E-state index contributed by atoms with van der Waals surface area (Å²) in [6.07, 6.45) is 0.172. The molecule has 0 aliphatic carbocycles. The van der Waals surface area contributed by atoms with Gasteiger partial charge in [0.05, 0.1) is 23.0 Å². The third-order valence-corrected chi connectivity index (χ3v) is 7.67. The van der Waals surface area contributed by atoms with Crippen molar-refractivity contribution in [2.75, 3.05) is 13.2 Å². The quantitative estimate of drug-likeness (QED) is 0.120. The van der Waals surface area contributed by atoms with Crippen LogP contribution in [0.15, 0.2) is 58.3 Å². The van der Waals surface area contributed by atoms with E-state index in [9.17, 15) is 32.0 Å². The lowest BCUT2D eigenvalue weighted by molar-refractivity contribution is -0.124. The molecule has 0 fully saturated rings. The van der Waals surface area contributed by atoms with Gasteiger partial charge in [0.2, 0.25) is 11.6 Å². The number of carbonyl (C=O) groups is 2. The van der Waals surface area contributed by atoms with Gasteiger partial charge >= 0.3 is 5.71 Å². The minimum atomic E-state index is -3.83. The standard InChI is InChI=1S/C23H26N2O8S2/c1-3-32-34(28,29)19-11-5-17(6-12-19)9-15-21(26)23(25-24)22(27)16-10-18-7-13-20(14-8-18)35(30,31)33-4-2/h5-8,11-14H,3-4,9-10,15-16H2,1-2H3. The van der Waals surface area contributed by atoms with Gasteiger partial charge < -0.3 is 5.53 Å². The molecule has 0 bridgehead atoms. The van der Waals surface area contributed by atoms with Crippen molar-refractivity contribution in [2.24, 2.45) is 0 Å². The van der Waals surface area contributed by atoms with Crippen LogP contribution in [0.5, 0.6) is 0 Å². The lowest BCUT2D eigenvalue weighted by atomic mass is 9.99. The Hall–Kier alpha value is -3.02. The fourth-order valence-electron chi connectivity index (χ4n) is 3.11. The van der Waals surface area contributed by atoms with Gasteiger partial charge in [-0.25, -0.2) is 0 Å². The summed E-state index contributed by atoms with van der Waals surface area (Å²) >= 11 is 0. The molecule has 12 heteroatoms. The molecule has 0 unspecified atom stereocenters. The molecule has 0 aliphatic heterocycles. The molecule has 0 saturated carbocycles. The second-order valence-electron chi connectivity index (χ2n) is 7.30. The molecular weight excluding hydrogens is 496 g/mol. The van der Waals surface area contributed by atoms with Crippen LogP contribution < -0.4 is 0 Å². The minimum absolute atomic E-state index is 0.00858. The van der Waals surface area contributed by atoms with E-state index in [1.807, 2.05) is 0 Å². The number of hydrogen-bond acceptors (Lipinski definition) is 8. The molecule has 0 amide bonds. The fraction of sp³-hybridized carbons (Fsp3) is 0.348. The van der Waals surface area contributed by atoms with Gasteiger partial charge in [0.15, 0.2) is 0 Å². The topological polar surface area (TPSA) is 157 Å². The molecule has 0 spiro atoms. The molecule has 0 radical (unpaired) electrons. The molecule has 0 N–H and O–H groups in total. The monoisotopic (exact) mass is 522 g/mol. The second kappa shape index (κ2) is 12.6. The second-order valence-corrected chi connectivity index (χ2v) is 10.5. The van der Waals surface area contributed by atoms with E-state index in [2.05, 4.69) is 4.79 Å². The molecule has 188 valence electrons. The molecule has 35 heavy (non-hydrogen) atoms. The average molecular weight is 523 g/mol. The van der Waals surface area contributed by atoms with E-state index in [1.54, 1.807) is 13.8 Å². The van der Waals surface area contributed by atoms with Gasteiger partial charge in [-0.1, -0.05) is 24.3 Å². The van der Waals surface area contributed by atoms with Gasteiger partial charge in [-0.3, -0.25) is 18.0 Å². The van der Waals surface area contributed by atoms with Crippen molar-refractivity contribution in [3.05, 3.63) is 65.2 Å². The maximum Gasteiger partial charge on any atom is 0.400 e. The fourth-order valence-corrected chi connectivity index (χ4v) is 4.94. The molecule has 0 saturated heterocycles. The molecule has 2 aromatic carbocycles. The Labute approximate surface area is 204 Å². The van der Waals surface area contributed by atoms with Gasteiger partial charge in [-0.05, 0) is 62.1 Å².